The van der Waals surface area contributed by atoms with E-state index in [-0.39, 0.29) is 23.8 Å². The molecule has 5 nitrogen and oxygen atoms in total. The third-order valence-corrected chi connectivity index (χ3v) is 4.53. The van der Waals surface area contributed by atoms with Crippen LogP contribution in [0, 0.1) is 0 Å². The van der Waals surface area contributed by atoms with Crippen LogP contribution in [0.1, 0.15) is 41.7 Å². The summed E-state index contributed by atoms with van der Waals surface area (Å²) in [4.78, 5) is 12.4. The van der Waals surface area contributed by atoms with E-state index < -0.39 is 6.61 Å². The van der Waals surface area contributed by atoms with E-state index in [1.807, 2.05) is 6.92 Å². The highest BCUT2D eigenvalue weighted by Crippen LogP contribution is 2.20. The van der Waals surface area contributed by atoms with E-state index in [1.54, 1.807) is 36.4 Å². The van der Waals surface area contributed by atoms with Crippen molar-refractivity contribution in [3.8, 4) is 11.5 Å². The number of ether oxygens (including phenoxy) is 3. The first-order chi connectivity index (χ1) is 13.5. The third kappa shape index (κ3) is 5.66. The Morgan fingerprint density at radius 2 is 1.82 bits per heavy atom. The highest BCUT2D eigenvalue weighted by atomic mass is 19.3. The Bertz CT molecular complexity index is 759. The molecule has 0 aromatic heterocycles. The average Bonchev–Trinajstić information content (AvgIpc) is 3.20. The largest absolute Gasteiger partial charge is 0.491 e. The molecule has 1 heterocycles. The topological polar surface area (TPSA) is 56.8 Å². The number of amides is 1. The average molecular weight is 391 g/mol. The lowest BCUT2D eigenvalue weighted by Crippen LogP contribution is -2.26. The minimum Gasteiger partial charge on any atom is -0.491 e. The fraction of sp³-hybridized carbons (Fsp3) is 0.381. The summed E-state index contributed by atoms with van der Waals surface area (Å²) in [5, 5.41) is 2.88. The first-order valence-corrected chi connectivity index (χ1v) is 9.21. The van der Waals surface area contributed by atoms with Crippen LogP contribution < -0.4 is 14.8 Å². The molecule has 0 spiro atoms. The van der Waals surface area contributed by atoms with E-state index in [2.05, 4.69) is 10.1 Å². The quantitative estimate of drug-likeness (QED) is 0.727. The number of alkyl halides is 2. The fourth-order valence-corrected chi connectivity index (χ4v) is 2.97. The lowest BCUT2D eigenvalue weighted by Gasteiger charge is -2.15. The minimum absolute atomic E-state index is 0.0795. The molecule has 7 heteroatoms. The van der Waals surface area contributed by atoms with Crippen molar-refractivity contribution in [3.63, 3.8) is 0 Å². The first-order valence-electron chi connectivity index (χ1n) is 9.21. The molecule has 2 atom stereocenters. The smallest absolute Gasteiger partial charge is 0.387 e. The van der Waals surface area contributed by atoms with Crippen LogP contribution in [0.3, 0.4) is 0 Å². The maximum atomic E-state index is 12.4. The van der Waals surface area contributed by atoms with Gasteiger partial charge >= 0.3 is 6.61 Å². The van der Waals surface area contributed by atoms with Gasteiger partial charge in [0.25, 0.3) is 5.91 Å². The van der Waals surface area contributed by atoms with Gasteiger partial charge in [-0.25, -0.2) is 0 Å². The van der Waals surface area contributed by atoms with Gasteiger partial charge in [-0.1, -0.05) is 12.1 Å². The maximum Gasteiger partial charge on any atom is 0.387 e. The lowest BCUT2D eigenvalue weighted by atomic mass is 10.1. The summed E-state index contributed by atoms with van der Waals surface area (Å²) in [5.41, 5.74) is 1.29. The number of hydrogen-bond acceptors (Lipinski definition) is 4. The van der Waals surface area contributed by atoms with Gasteiger partial charge in [-0.2, -0.15) is 8.78 Å². The van der Waals surface area contributed by atoms with Crippen LogP contribution >= 0.6 is 0 Å². The molecule has 2 aromatic carbocycles. The number of hydrogen-bond donors (Lipinski definition) is 1. The molecule has 150 valence electrons. The molecule has 2 aromatic rings. The molecule has 3 rings (SSSR count). The minimum atomic E-state index is -2.86. The van der Waals surface area contributed by atoms with Crippen molar-refractivity contribution < 1.29 is 27.8 Å². The summed E-state index contributed by atoms with van der Waals surface area (Å²) in [6.07, 6.45) is 2.21. The Kier molecular flexibility index (Phi) is 6.81. The van der Waals surface area contributed by atoms with E-state index in [9.17, 15) is 13.6 Å². The second-order valence-corrected chi connectivity index (χ2v) is 6.61. The molecule has 1 saturated heterocycles. The maximum absolute atomic E-state index is 12.4. The van der Waals surface area contributed by atoms with Crippen molar-refractivity contribution in [1.29, 1.82) is 0 Å². The number of benzene rings is 2. The highest BCUT2D eigenvalue weighted by Gasteiger charge is 2.16. The molecule has 1 fully saturated rings. The number of halogens is 2. The molecule has 0 bridgehead atoms. The monoisotopic (exact) mass is 391 g/mol. The van der Waals surface area contributed by atoms with Gasteiger partial charge < -0.3 is 19.5 Å². The van der Waals surface area contributed by atoms with Crippen LogP contribution in [-0.2, 0) is 4.74 Å². The molecule has 1 amide bonds. The van der Waals surface area contributed by atoms with Gasteiger partial charge in [-0.15, -0.1) is 0 Å². The zero-order valence-corrected chi connectivity index (χ0v) is 15.6. The summed E-state index contributed by atoms with van der Waals surface area (Å²) >= 11 is 0. The van der Waals surface area contributed by atoms with Gasteiger partial charge in [0.2, 0.25) is 0 Å². The van der Waals surface area contributed by atoms with Crippen LogP contribution in [0.2, 0.25) is 0 Å². The SMILES string of the molecule is CC(NC(=O)c1ccc(OCC2CCCO2)cc1)c1ccc(OC(F)F)cc1. The number of carbonyl (C=O) groups is 1. The Labute approximate surface area is 162 Å². The van der Waals surface area contributed by atoms with Crippen LogP contribution in [0.25, 0.3) is 0 Å². The van der Waals surface area contributed by atoms with E-state index in [0.29, 0.717) is 17.9 Å². The van der Waals surface area contributed by atoms with E-state index in [1.165, 1.54) is 12.1 Å². The standard InChI is InChI=1S/C21H23F2NO4/c1-14(15-4-10-18(11-5-15)28-21(22)23)24-20(25)16-6-8-17(9-7-16)27-13-19-3-2-12-26-19/h4-11,14,19,21H,2-3,12-13H2,1H3,(H,24,25). The molecule has 0 aliphatic carbocycles. The van der Waals surface area contributed by atoms with Gasteiger partial charge in [0.1, 0.15) is 18.1 Å². The van der Waals surface area contributed by atoms with Crippen molar-refractivity contribution in [1.82, 2.24) is 5.32 Å². The molecule has 28 heavy (non-hydrogen) atoms. The van der Waals surface area contributed by atoms with Crippen LogP contribution in [0.15, 0.2) is 48.5 Å². The third-order valence-electron chi connectivity index (χ3n) is 4.53. The summed E-state index contributed by atoms with van der Waals surface area (Å²) in [5.74, 6) is 0.539. The molecule has 0 saturated carbocycles. The Hall–Kier alpha value is -2.67. The van der Waals surface area contributed by atoms with Gasteiger partial charge in [0.05, 0.1) is 12.1 Å². The van der Waals surface area contributed by atoms with E-state index in [0.717, 1.165) is 25.0 Å². The van der Waals surface area contributed by atoms with Gasteiger partial charge in [0, 0.05) is 12.2 Å². The molecule has 2 unspecified atom stereocenters. The highest BCUT2D eigenvalue weighted by molar-refractivity contribution is 5.94. The van der Waals surface area contributed by atoms with Crippen LogP contribution in [0.5, 0.6) is 11.5 Å². The number of carbonyl (C=O) groups excluding carboxylic acids is 1. The van der Waals surface area contributed by atoms with Crippen molar-refractivity contribution in [2.75, 3.05) is 13.2 Å². The summed E-state index contributed by atoms with van der Waals surface area (Å²) in [6.45, 7) is 0.252. The first kappa shape index (κ1) is 20.1. The summed E-state index contributed by atoms with van der Waals surface area (Å²) in [6, 6.07) is 12.8. The van der Waals surface area contributed by atoms with Gasteiger partial charge in [-0.05, 0) is 61.7 Å². The predicted octanol–water partition coefficient (Wildman–Crippen LogP) is 4.34. The second-order valence-electron chi connectivity index (χ2n) is 6.61. The normalized spacial score (nSPS) is 17.4. The predicted molar refractivity (Wildman–Crippen MR) is 99.9 cm³/mol. The summed E-state index contributed by atoms with van der Waals surface area (Å²) in [7, 11) is 0. The van der Waals surface area contributed by atoms with Crippen molar-refractivity contribution in [2.24, 2.45) is 0 Å². The summed E-state index contributed by atoms with van der Waals surface area (Å²) < 4.78 is 39.9. The molecule has 1 aliphatic rings. The molecule has 0 radical (unpaired) electrons. The zero-order chi connectivity index (χ0) is 19.9. The molecule has 1 aliphatic heterocycles. The Balaban J connectivity index is 1.51. The number of rotatable bonds is 8. The van der Waals surface area contributed by atoms with Crippen LogP contribution in [-0.4, -0.2) is 31.8 Å². The Morgan fingerprint density at radius 1 is 1.14 bits per heavy atom. The lowest BCUT2D eigenvalue weighted by molar-refractivity contribution is -0.0498. The van der Waals surface area contributed by atoms with Crippen molar-refractivity contribution >= 4 is 5.91 Å². The van der Waals surface area contributed by atoms with Crippen molar-refractivity contribution in [2.45, 2.75) is 38.5 Å². The van der Waals surface area contributed by atoms with E-state index in [4.69, 9.17) is 9.47 Å². The number of nitrogens with one attached hydrogen (secondary N) is 1. The van der Waals surface area contributed by atoms with Gasteiger partial charge in [0.15, 0.2) is 0 Å². The molecular weight excluding hydrogens is 368 g/mol. The Morgan fingerprint density at radius 3 is 2.43 bits per heavy atom. The molecular formula is C21H23F2NO4. The van der Waals surface area contributed by atoms with Crippen LogP contribution in [0.4, 0.5) is 8.78 Å². The van der Waals surface area contributed by atoms with E-state index >= 15 is 0 Å². The van der Waals surface area contributed by atoms with Crippen molar-refractivity contribution in [3.05, 3.63) is 59.7 Å². The molecule has 1 N–H and O–H groups in total. The fourth-order valence-electron chi connectivity index (χ4n) is 2.97. The second kappa shape index (κ2) is 9.50. The zero-order valence-electron chi connectivity index (χ0n) is 15.6. The van der Waals surface area contributed by atoms with Gasteiger partial charge in [-0.3, -0.25) is 4.79 Å².